The molecule has 5 unspecified atom stereocenters. The maximum Gasteiger partial charge on any atom is 0.323 e. The topological polar surface area (TPSA) is 166 Å². The average Bonchev–Trinajstić information content (AvgIpc) is 3.46. The summed E-state index contributed by atoms with van der Waals surface area (Å²) in [7, 11) is 1.32. The minimum atomic E-state index is -1.59. The Morgan fingerprint density at radius 1 is 0.860 bits per heavy atom. The van der Waals surface area contributed by atoms with Crippen molar-refractivity contribution in [2.75, 3.05) is 20.3 Å². The molecular formula is C39H63NO10. The monoisotopic (exact) mass is 705 g/mol. The minimum Gasteiger partial charge on any atom is -0.481 e. The number of hydroxylamine groups is 2. The molecule has 5 aliphatic carbocycles. The summed E-state index contributed by atoms with van der Waals surface area (Å²) in [5, 5.41) is 52.4. The van der Waals surface area contributed by atoms with Crippen molar-refractivity contribution in [3.05, 3.63) is 12.2 Å². The number of aliphatic hydroxyl groups is 4. The van der Waals surface area contributed by atoms with Gasteiger partial charge in [0.25, 0.3) is 0 Å². The number of carbonyl (C=O) groups is 2. The quantitative estimate of drug-likeness (QED) is 0.139. The highest BCUT2D eigenvalue weighted by Gasteiger charge is 2.72. The van der Waals surface area contributed by atoms with Crippen LogP contribution in [0.15, 0.2) is 12.2 Å². The molecule has 0 aromatic rings. The van der Waals surface area contributed by atoms with E-state index in [0.29, 0.717) is 24.2 Å². The first-order valence-electron chi connectivity index (χ1n) is 19.0. The number of rotatable bonds is 8. The highest BCUT2D eigenvalue weighted by Crippen LogP contribution is 2.77. The Labute approximate surface area is 297 Å². The summed E-state index contributed by atoms with van der Waals surface area (Å²) in [6.45, 7) is 17.5. The second-order valence-corrected chi connectivity index (χ2v) is 18.5. The normalized spacial score (nSPS) is 49.6. The Morgan fingerprint density at radius 2 is 1.56 bits per heavy atom. The zero-order valence-electron chi connectivity index (χ0n) is 31.3. The molecule has 6 fully saturated rings. The van der Waals surface area contributed by atoms with Crippen molar-refractivity contribution >= 4 is 11.9 Å². The van der Waals surface area contributed by atoms with Gasteiger partial charge in [-0.1, -0.05) is 46.8 Å². The lowest BCUT2D eigenvalue weighted by Gasteiger charge is -2.72. The van der Waals surface area contributed by atoms with Gasteiger partial charge in [0.1, 0.15) is 37.1 Å². The van der Waals surface area contributed by atoms with Crippen molar-refractivity contribution in [2.24, 2.45) is 56.7 Å². The van der Waals surface area contributed by atoms with Crippen LogP contribution in [0.4, 0.5) is 0 Å². The van der Waals surface area contributed by atoms with Gasteiger partial charge in [0.05, 0.1) is 19.1 Å². The number of aliphatic hydroxyl groups excluding tert-OH is 4. The Kier molecular flexibility index (Phi) is 9.96. The SMILES string of the molecule is C=C(C)[C@@H]1CC[C@]2(C(=O)O)CC[C@]3(C)C(CCC4[C@@]5(C)CC[C@H](OC(=O)CN(OC)C6O[C@H](CO)[C@@H](O)[C@H](O)[C@@H]6O)C(C)(C)C5CC[C@]43C)C12. The first kappa shape index (κ1) is 38.1. The zero-order chi connectivity index (χ0) is 36.8. The number of allylic oxidation sites excluding steroid dienone is 1. The lowest BCUT2D eigenvalue weighted by Crippen LogP contribution is -2.67. The first-order chi connectivity index (χ1) is 23.3. The van der Waals surface area contributed by atoms with E-state index in [4.69, 9.17) is 14.3 Å². The fourth-order valence-electron chi connectivity index (χ4n) is 13.6. The third-order valence-electron chi connectivity index (χ3n) is 16.4. The van der Waals surface area contributed by atoms with E-state index in [9.17, 15) is 35.1 Å². The van der Waals surface area contributed by atoms with Gasteiger partial charge in [-0.25, -0.2) is 0 Å². The number of hydrogen-bond donors (Lipinski definition) is 5. The van der Waals surface area contributed by atoms with Crippen LogP contribution in [0.5, 0.6) is 0 Å². The van der Waals surface area contributed by atoms with Crippen LogP contribution in [-0.4, -0.2) is 99.5 Å². The number of carboxylic acids is 1. The molecular weight excluding hydrogens is 642 g/mol. The van der Waals surface area contributed by atoms with E-state index < -0.39 is 54.6 Å². The third-order valence-corrected chi connectivity index (χ3v) is 16.4. The maximum absolute atomic E-state index is 13.5. The lowest BCUT2D eigenvalue weighted by molar-refractivity contribution is -0.327. The van der Waals surface area contributed by atoms with Gasteiger partial charge in [-0.15, -0.1) is 5.06 Å². The van der Waals surface area contributed by atoms with Crippen molar-refractivity contribution in [1.29, 1.82) is 0 Å². The minimum absolute atomic E-state index is 0.0348. The molecule has 11 nitrogen and oxygen atoms in total. The average molecular weight is 706 g/mol. The molecule has 6 rings (SSSR count). The molecule has 1 aliphatic heterocycles. The van der Waals surface area contributed by atoms with Crippen molar-refractivity contribution in [1.82, 2.24) is 5.06 Å². The molecule has 0 aromatic carbocycles. The van der Waals surface area contributed by atoms with E-state index in [1.807, 2.05) is 0 Å². The summed E-state index contributed by atoms with van der Waals surface area (Å²) in [5.74, 6) is 0.404. The van der Waals surface area contributed by atoms with E-state index in [1.165, 1.54) is 7.11 Å². The number of ether oxygens (including phenoxy) is 2. The molecule has 0 amide bonds. The van der Waals surface area contributed by atoms with Gasteiger partial charge in [0.2, 0.25) is 0 Å². The smallest absolute Gasteiger partial charge is 0.323 e. The lowest BCUT2D eigenvalue weighted by atomic mass is 9.32. The molecule has 1 saturated heterocycles. The molecule has 284 valence electrons. The molecule has 0 radical (unpaired) electrons. The van der Waals surface area contributed by atoms with Gasteiger partial charge in [0, 0.05) is 5.41 Å². The van der Waals surface area contributed by atoms with Crippen molar-refractivity contribution in [2.45, 2.75) is 142 Å². The summed E-state index contributed by atoms with van der Waals surface area (Å²) < 4.78 is 11.8. The number of aliphatic carboxylic acids is 1. The van der Waals surface area contributed by atoms with Crippen molar-refractivity contribution in [3.8, 4) is 0 Å². The number of carbonyl (C=O) groups excluding carboxylic acids is 1. The predicted octanol–water partition coefficient (Wildman–Crippen LogP) is 4.30. The van der Waals surface area contributed by atoms with Gasteiger partial charge in [-0.3, -0.25) is 14.4 Å². The third kappa shape index (κ3) is 5.37. The molecule has 1 heterocycles. The fraction of sp³-hybridized carbons (Fsp3) is 0.897. The number of esters is 1. The molecule has 15 atom stereocenters. The van der Waals surface area contributed by atoms with Gasteiger partial charge >= 0.3 is 11.9 Å². The second kappa shape index (κ2) is 13.1. The molecule has 5 saturated carbocycles. The summed E-state index contributed by atoms with van der Waals surface area (Å²) in [4.78, 5) is 31.8. The van der Waals surface area contributed by atoms with E-state index in [2.05, 4.69) is 48.1 Å². The molecule has 0 aromatic heterocycles. The summed E-state index contributed by atoms with van der Waals surface area (Å²) in [6.07, 6.45) is 1.79. The van der Waals surface area contributed by atoms with E-state index >= 15 is 0 Å². The van der Waals surface area contributed by atoms with Gasteiger partial charge < -0.3 is 35.0 Å². The van der Waals surface area contributed by atoms with Gasteiger partial charge in [-0.05, 0) is 117 Å². The molecule has 0 spiro atoms. The summed E-state index contributed by atoms with van der Waals surface area (Å²) in [6, 6.07) is 0. The summed E-state index contributed by atoms with van der Waals surface area (Å²) >= 11 is 0. The Morgan fingerprint density at radius 3 is 2.18 bits per heavy atom. The molecule has 11 heteroatoms. The fourth-order valence-corrected chi connectivity index (χ4v) is 13.6. The Balaban J connectivity index is 1.19. The van der Waals surface area contributed by atoms with Crippen LogP contribution in [-0.2, 0) is 23.9 Å². The van der Waals surface area contributed by atoms with E-state index in [-0.39, 0.29) is 46.1 Å². The van der Waals surface area contributed by atoms with Crippen LogP contribution >= 0.6 is 0 Å². The molecule has 6 aliphatic rings. The van der Waals surface area contributed by atoms with Crippen molar-refractivity contribution in [3.63, 3.8) is 0 Å². The molecule has 50 heavy (non-hydrogen) atoms. The summed E-state index contributed by atoms with van der Waals surface area (Å²) in [5.41, 5.74) is 0.327. The predicted molar refractivity (Wildman–Crippen MR) is 184 cm³/mol. The maximum atomic E-state index is 13.5. The van der Waals surface area contributed by atoms with E-state index in [0.717, 1.165) is 68.4 Å². The number of nitrogens with zero attached hydrogens (tertiary/aromatic N) is 1. The van der Waals surface area contributed by atoms with Crippen LogP contribution in [0.3, 0.4) is 0 Å². The van der Waals surface area contributed by atoms with Gasteiger partial charge in [-0.2, -0.15) is 0 Å². The number of fused-ring (bicyclic) bond motifs is 7. The highest BCUT2D eigenvalue weighted by atomic mass is 16.7. The van der Waals surface area contributed by atoms with Crippen LogP contribution in [0.1, 0.15) is 106 Å². The first-order valence-corrected chi connectivity index (χ1v) is 19.0. The van der Waals surface area contributed by atoms with Crippen LogP contribution in [0.2, 0.25) is 0 Å². The largest absolute Gasteiger partial charge is 0.481 e. The standard InChI is InChI=1S/C39H63NO10/c1-21(2)22-11-16-39(34(46)47)18-17-37(6)23(29(22)39)9-10-26-36(5)14-13-27(35(3,4)25(36)12-15-38(26,37)7)50-28(42)19-40(48-8)33-32(45)31(44)30(43)24(20-41)49-33/h22-27,29-33,41,43-45H,1,9-20H2,2-8H3,(H,46,47)/t22-,23?,24+,25?,26?,27-,29?,30+,31-,32-,33?,36-,37+,38+,39-/m0/s1. The number of carboxylic acid groups (broad SMARTS) is 1. The highest BCUT2D eigenvalue weighted by molar-refractivity contribution is 5.76. The van der Waals surface area contributed by atoms with E-state index in [1.54, 1.807) is 0 Å². The van der Waals surface area contributed by atoms with Gasteiger partial charge in [0.15, 0.2) is 6.23 Å². The number of hydrogen-bond acceptors (Lipinski definition) is 10. The van der Waals surface area contributed by atoms with Crippen LogP contribution < -0.4 is 0 Å². The van der Waals surface area contributed by atoms with Crippen LogP contribution in [0.25, 0.3) is 0 Å². The Bertz CT molecular complexity index is 1340. The second-order valence-electron chi connectivity index (χ2n) is 18.5. The molecule has 5 N–H and O–H groups in total. The Hall–Kier alpha value is -1.60. The molecule has 0 bridgehead atoms. The van der Waals surface area contributed by atoms with Crippen LogP contribution in [0, 0.1) is 56.7 Å². The van der Waals surface area contributed by atoms with Crippen molar-refractivity contribution < 1.29 is 49.4 Å². The zero-order valence-corrected chi connectivity index (χ0v) is 31.3.